The van der Waals surface area contributed by atoms with Crippen molar-refractivity contribution < 1.29 is 9.84 Å². The van der Waals surface area contributed by atoms with Crippen LogP contribution in [0.15, 0.2) is 18.2 Å². The van der Waals surface area contributed by atoms with Gasteiger partial charge < -0.3 is 9.84 Å². The standard InChI is InChI=1S/C20H27Cl2NO2/c1-25-20-18(22)14-17(21)16-12-11-15(23-19(16)20)10-8-6-4-2-3-5-7-9-13-24/h11-12,14,24H,2-10,13H2,1H3. The van der Waals surface area contributed by atoms with Gasteiger partial charge in [0.25, 0.3) is 0 Å². The number of aromatic nitrogens is 1. The number of aliphatic hydroxyl groups excluding tert-OH is 1. The number of aliphatic hydroxyl groups is 1. The zero-order chi connectivity index (χ0) is 18.1. The van der Waals surface area contributed by atoms with E-state index in [1.54, 1.807) is 13.2 Å². The Labute approximate surface area is 160 Å². The predicted octanol–water partition coefficient (Wildman–Crippen LogP) is 6.21. The number of nitrogens with zero attached hydrogens (tertiary/aromatic N) is 1. The van der Waals surface area contributed by atoms with Crippen LogP contribution in [0.25, 0.3) is 10.9 Å². The summed E-state index contributed by atoms with van der Waals surface area (Å²) in [4.78, 5) is 4.72. The van der Waals surface area contributed by atoms with Crippen molar-refractivity contribution in [3.8, 4) is 5.75 Å². The molecule has 2 rings (SSSR count). The zero-order valence-corrected chi connectivity index (χ0v) is 16.4. The van der Waals surface area contributed by atoms with Gasteiger partial charge in [-0.3, -0.25) is 0 Å². The van der Waals surface area contributed by atoms with Gasteiger partial charge in [-0.05, 0) is 37.5 Å². The average molecular weight is 384 g/mol. The molecule has 1 heterocycles. The molecule has 0 aliphatic heterocycles. The van der Waals surface area contributed by atoms with E-state index in [4.69, 9.17) is 38.0 Å². The fourth-order valence-corrected chi connectivity index (χ4v) is 3.64. The number of unbranched alkanes of at least 4 members (excludes halogenated alkanes) is 7. The van der Waals surface area contributed by atoms with E-state index >= 15 is 0 Å². The second-order valence-electron chi connectivity index (χ2n) is 6.37. The highest BCUT2D eigenvalue weighted by atomic mass is 35.5. The molecule has 25 heavy (non-hydrogen) atoms. The summed E-state index contributed by atoms with van der Waals surface area (Å²) in [5.74, 6) is 0.589. The third-order valence-electron chi connectivity index (χ3n) is 4.44. The summed E-state index contributed by atoms with van der Waals surface area (Å²) in [5, 5.41) is 10.7. The average Bonchev–Trinajstić information content (AvgIpc) is 2.60. The summed E-state index contributed by atoms with van der Waals surface area (Å²) in [6.45, 7) is 0.319. The summed E-state index contributed by atoms with van der Waals surface area (Å²) in [6.07, 6.45) is 10.4. The Morgan fingerprint density at radius 2 is 1.56 bits per heavy atom. The first-order chi connectivity index (χ1) is 12.2. The summed E-state index contributed by atoms with van der Waals surface area (Å²) >= 11 is 12.5. The van der Waals surface area contributed by atoms with Crippen LogP contribution in [0.4, 0.5) is 0 Å². The molecule has 1 N–H and O–H groups in total. The molecule has 0 spiro atoms. The van der Waals surface area contributed by atoms with Crippen molar-refractivity contribution in [2.24, 2.45) is 0 Å². The van der Waals surface area contributed by atoms with Crippen LogP contribution in [0.2, 0.25) is 10.0 Å². The number of fused-ring (bicyclic) bond motifs is 1. The minimum atomic E-state index is 0.319. The molecule has 0 unspecified atom stereocenters. The van der Waals surface area contributed by atoms with Crippen molar-refractivity contribution in [3.05, 3.63) is 33.9 Å². The van der Waals surface area contributed by atoms with E-state index in [2.05, 4.69) is 0 Å². The maximum absolute atomic E-state index is 8.75. The normalized spacial score (nSPS) is 11.2. The Bertz CT molecular complexity index is 676. The number of methoxy groups -OCH3 is 1. The van der Waals surface area contributed by atoms with Crippen LogP contribution in [-0.4, -0.2) is 23.8 Å². The number of benzene rings is 1. The van der Waals surface area contributed by atoms with Crippen LogP contribution < -0.4 is 4.74 Å². The van der Waals surface area contributed by atoms with Gasteiger partial charge in [-0.15, -0.1) is 0 Å². The zero-order valence-electron chi connectivity index (χ0n) is 14.9. The van der Waals surface area contributed by atoms with Gasteiger partial charge >= 0.3 is 0 Å². The second-order valence-corrected chi connectivity index (χ2v) is 7.19. The van der Waals surface area contributed by atoms with E-state index in [0.29, 0.717) is 22.4 Å². The molecule has 138 valence electrons. The molecule has 0 aliphatic carbocycles. The van der Waals surface area contributed by atoms with Crippen molar-refractivity contribution in [1.82, 2.24) is 4.98 Å². The number of pyridine rings is 1. The first kappa shape index (κ1) is 20.3. The fraction of sp³-hybridized carbons (Fsp3) is 0.550. The molecule has 0 atom stereocenters. The van der Waals surface area contributed by atoms with E-state index in [-0.39, 0.29) is 0 Å². The lowest BCUT2D eigenvalue weighted by molar-refractivity contribution is 0.282. The molecular weight excluding hydrogens is 357 g/mol. The van der Waals surface area contributed by atoms with Crippen molar-refractivity contribution in [1.29, 1.82) is 0 Å². The molecule has 1 aromatic heterocycles. The van der Waals surface area contributed by atoms with Crippen LogP contribution in [0.1, 0.15) is 57.1 Å². The quantitative estimate of drug-likeness (QED) is 0.469. The van der Waals surface area contributed by atoms with Gasteiger partial charge in [0.2, 0.25) is 0 Å². The highest BCUT2D eigenvalue weighted by molar-refractivity contribution is 6.39. The largest absolute Gasteiger partial charge is 0.493 e. The maximum Gasteiger partial charge on any atom is 0.163 e. The Balaban J connectivity index is 1.84. The highest BCUT2D eigenvalue weighted by Gasteiger charge is 2.12. The highest BCUT2D eigenvalue weighted by Crippen LogP contribution is 2.37. The topological polar surface area (TPSA) is 42.4 Å². The molecule has 3 nitrogen and oxygen atoms in total. The third kappa shape index (κ3) is 6.02. The van der Waals surface area contributed by atoms with Crippen LogP contribution in [-0.2, 0) is 6.42 Å². The van der Waals surface area contributed by atoms with Gasteiger partial charge in [-0.2, -0.15) is 0 Å². The maximum atomic E-state index is 8.75. The van der Waals surface area contributed by atoms with Crippen molar-refractivity contribution >= 4 is 34.1 Å². The Kier molecular flexibility index (Phi) is 8.80. The van der Waals surface area contributed by atoms with E-state index < -0.39 is 0 Å². The van der Waals surface area contributed by atoms with Crippen molar-refractivity contribution in [3.63, 3.8) is 0 Å². The number of aryl methyl sites for hydroxylation is 1. The van der Waals surface area contributed by atoms with E-state index in [1.807, 2.05) is 12.1 Å². The molecule has 0 fully saturated rings. The molecule has 0 bridgehead atoms. The number of ether oxygens (including phenoxy) is 1. The van der Waals surface area contributed by atoms with Crippen LogP contribution in [0.3, 0.4) is 0 Å². The second kappa shape index (κ2) is 10.8. The molecule has 0 aliphatic rings. The van der Waals surface area contributed by atoms with Gasteiger partial charge in [-0.25, -0.2) is 4.98 Å². The molecular formula is C20H27Cl2NO2. The SMILES string of the molecule is COc1c(Cl)cc(Cl)c2ccc(CCCCCCCCCCO)nc12. The van der Waals surface area contributed by atoms with Crippen molar-refractivity contribution in [2.45, 2.75) is 57.8 Å². The Morgan fingerprint density at radius 3 is 2.20 bits per heavy atom. The van der Waals surface area contributed by atoms with Crippen molar-refractivity contribution in [2.75, 3.05) is 13.7 Å². The molecule has 0 radical (unpaired) electrons. The number of halogens is 2. The van der Waals surface area contributed by atoms with E-state index in [9.17, 15) is 0 Å². The van der Waals surface area contributed by atoms with E-state index in [0.717, 1.165) is 42.3 Å². The minimum Gasteiger partial charge on any atom is -0.493 e. The van der Waals surface area contributed by atoms with Gasteiger partial charge in [0.05, 0.1) is 17.2 Å². The Hall–Kier alpha value is -1.03. The lowest BCUT2D eigenvalue weighted by Crippen LogP contribution is -1.95. The van der Waals surface area contributed by atoms with Gasteiger partial charge in [0.15, 0.2) is 5.75 Å². The molecule has 0 amide bonds. The van der Waals surface area contributed by atoms with Gasteiger partial charge in [0.1, 0.15) is 5.52 Å². The Morgan fingerprint density at radius 1 is 0.920 bits per heavy atom. The minimum absolute atomic E-state index is 0.319. The summed E-state index contributed by atoms with van der Waals surface area (Å²) in [7, 11) is 1.60. The molecule has 2 aromatic rings. The third-order valence-corrected chi connectivity index (χ3v) is 5.03. The molecule has 0 saturated carbocycles. The van der Waals surface area contributed by atoms with Crippen LogP contribution >= 0.6 is 23.2 Å². The first-order valence-corrected chi connectivity index (χ1v) is 9.85. The van der Waals surface area contributed by atoms with Gasteiger partial charge in [-0.1, -0.05) is 61.7 Å². The monoisotopic (exact) mass is 383 g/mol. The van der Waals surface area contributed by atoms with E-state index in [1.165, 1.54) is 32.1 Å². The number of hydrogen-bond acceptors (Lipinski definition) is 3. The molecule has 5 heteroatoms. The van der Waals surface area contributed by atoms with Crippen LogP contribution in [0.5, 0.6) is 5.75 Å². The molecule has 0 saturated heterocycles. The lowest BCUT2D eigenvalue weighted by Gasteiger charge is -2.10. The summed E-state index contributed by atoms with van der Waals surface area (Å²) < 4.78 is 5.40. The lowest BCUT2D eigenvalue weighted by atomic mass is 10.1. The number of hydrogen-bond donors (Lipinski definition) is 1. The summed E-state index contributed by atoms with van der Waals surface area (Å²) in [5.41, 5.74) is 1.79. The first-order valence-electron chi connectivity index (χ1n) is 9.10. The van der Waals surface area contributed by atoms with Gasteiger partial charge in [0, 0.05) is 17.7 Å². The molecule has 1 aromatic carbocycles. The van der Waals surface area contributed by atoms with Crippen LogP contribution in [0, 0.1) is 0 Å². The summed E-state index contributed by atoms with van der Waals surface area (Å²) in [6, 6.07) is 5.74. The number of rotatable bonds is 11. The fourth-order valence-electron chi connectivity index (χ4n) is 3.05. The smallest absolute Gasteiger partial charge is 0.163 e. The predicted molar refractivity (Wildman–Crippen MR) is 106 cm³/mol.